The highest BCUT2D eigenvalue weighted by atomic mass is 16.5. The summed E-state index contributed by atoms with van der Waals surface area (Å²) in [4.78, 5) is 4.44. The van der Waals surface area contributed by atoms with Crippen molar-refractivity contribution >= 4 is 0 Å². The Morgan fingerprint density at radius 3 is 2.63 bits per heavy atom. The molecule has 1 heterocycles. The van der Waals surface area contributed by atoms with Gasteiger partial charge >= 0.3 is 0 Å². The van der Waals surface area contributed by atoms with Crippen LogP contribution in [0.1, 0.15) is 64.3 Å². The largest absolute Gasteiger partial charge is 0.373 e. The summed E-state index contributed by atoms with van der Waals surface area (Å²) in [6.45, 7) is 6.97. The van der Waals surface area contributed by atoms with Crippen molar-refractivity contribution in [3.05, 3.63) is 11.7 Å². The number of hydrogen-bond acceptors (Lipinski definition) is 5. The van der Waals surface area contributed by atoms with Crippen molar-refractivity contribution in [3.63, 3.8) is 0 Å². The van der Waals surface area contributed by atoms with E-state index in [4.69, 9.17) is 9.26 Å². The Bertz CT molecular complexity index is 392. The van der Waals surface area contributed by atoms with Gasteiger partial charge in [0, 0.05) is 13.2 Å². The van der Waals surface area contributed by atoms with Gasteiger partial charge in [0.25, 0.3) is 0 Å². The third-order valence-corrected chi connectivity index (χ3v) is 3.64. The molecule has 0 saturated heterocycles. The van der Waals surface area contributed by atoms with E-state index in [-0.39, 0.29) is 11.5 Å². The molecule has 0 amide bonds. The summed E-state index contributed by atoms with van der Waals surface area (Å²) in [5.74, 6) is 1.28. The van der Waals surface area contributed by atoms with Gasteiger partial charge < -0.3 is 14.6 Å². The molecular formula is C14H25N3O2. The van der Waals surface area contributed by atoms with Gasteiger partial charge in [-0.05, 0) is 18.3 Å². The Balaban J connectivity index is 1.93. The maximum Gasteiger partial charge on any atom is 0.240 e. The molecule has 1 unspecified atom stereocenters. The van der Waals surface area contributed by atoms with Crippen molar-refractivity contribution in [1.29, 1.82) is 0 Å². The van der Waals surface area contributed by atoms with Gasteiger partial charge in [-0.3, -0.25) is 0 Å². The topological polar surface area (TPSA) is 60.2 Å². The molecule has 1 atom stereocenters. The molecule has 1 fully saturated rings. The molecule has 0 aromatic carbocycles. The minimum absolute atomic E-state index is 0.0469. The second kappa shape index (κ2) is 6.01. The average Bonchev–Trinajstić information content (AvgIpc) is 2.95. The number of ether oxygens (including phenoxy) is 1. The van der Waals surface area contributed by atoms with Gasteiger partial charge in [-0.15, -0.1) is 0 Å². The third-order valence-electron chi connectivity index (χ3n) is 3.64. The van der Waals surface area contributed by atoms with Gasteiger partial charge in [-0.1, -0.05) is 38.8 Å². The fourth-order valence-electron chi connectivity index (χ4n) is 2.65. The Kier molecular flexibility index (Phi) is 4.58. The minimum Gasteiger partial charge on any atom is -0.373 e. The molecular weight excluding hydrogens is 242 g/mol. The van der Waals surface area contributed by atoms with Crippen LogP contribution in [0.2, 0.25) is 0 Å². The molecule has 1 saturated carbocycles. The maximum atomic E-state index is 5.49. The molecule has 5 nitrogen and oxygen atoms in total. The lowest BCUT2D eigenvalue weighted by molar-refractivity contribution is 0.00718. The van der Waals surface area contributed by atoms with E-state index < -0.39 is 0 Å². The van der Waals surface area contributed by atoms with E-state index in [0.717, 1.165) is 0 Å². The summed E-state index contributed by atoms with van der Waals surface area (Å²) < 4.78 is 10.8. The molecule has 2 rings (SSSR count). The first-order valence-corrected chi connectivity index (χ1v) is 7.09. The Labute approximate surface area is 115 Å². The van der Waals surface area contributed by atoms with Crippen LogP contribution in [0.4, 0.5) is 0 Å². The molecule has 0 spiro atoms. The monoisotopic (exact) mass is 267 g/mol. The first-order valence-electron chi connectivity index (χ1n) is 7.09. The minimum atomic E-state index is -0.142. The summed E-state index contributed by atoms with van der Waals surface area (Å²) in [5.41, 5.74) is -0.0469. The number of methoxy groups -OCH3 is 1. The standard InChI is InChI=1S/C14H25N3O2/c1-14(2,3)12(18-4)13-16-11(19-17-13)9-15-10-7-5-6-8-10/h10,12,15H,5-9H2,1-4H3. The van der Waals surface area contributed by atoms with E-state index in [1.165, 1.54) is 25.7 Å². The summed E-state index contributed by atoms with van der Waals surface area (Å²) in [6.07, 6.45) is 5.01. The highest BCUT2D eigenvalue weighted by molar-refractivity contribution is 4.96. The molecule has 1 aliphatic rings. The molecule has 19 heavy (non-hydrogen) atoms. The van der Waals surface area contributed by atoms with Crippen LogP contribution in [0, 0.1) is 5.41 Å². The summed E-state index contributed by atoms with van der Waals surface area (Å²) in [7, 11) is 1.68. The first-order chi connectivity index (χ1) is 9.00. The Morgan fingerprint density at radius 1 is 1.37 bits per heavy atom. The lowest BCUT2D eigenvalue weighted by Crippen LogP contribution is -2.25. The molecule has 0 radical (unpaired) electrons. The number of aromatic nitrogens is 2. The van der Waals surface area contributed by atoms with Crippen LogP contribution >= 0.6 is 0 Å². The van der Waals surface area contributed by atoms with Crippen LogP contribution in [0.3, 0.4) is 0 Å². The van der Waals surface area contributed by atoms with E-state index in [1.807, 2.05) is 0 Å². The molecule has 0 bridgehead atoms. The summed E-state index contributed by atoms with van der Waals surface area (Å²) in [5, 5.41) is 7.52. The lowest BCUT2D eigenvalue weighted by Gasteiger charge is -2.26. The predicted octanol–water partition coefficient (Wildman–Crippen LogP) is 2.84. The molecule has 108 valence electrons. The van der Waals surface area contributed by atoms with E-state index >= 15 is 0 Å². The first kappa shape index (κ1) is 14.5. The SMILES string of the molecule is COC(c1noc(CNC2CCCC2)n1)C(C)(C)C. The van der Waals surface area contributed by atoms with E-state index in [2.05, 4.69) is 36.2 Å². The quantitative estimate of drug-likeness (QED) is 0.889. The van der Waals surface area contributed by atoms with Crippen molar-refractivity contribution in [1.82, 2.24) is 15.5 Å². The highest BCUT2D eigenvalue weighted by Gasteiger charge is 2.30. The number of hydrogen-bond donors (Lipinski definition) is 1. The third kappa shape index (κ3) is 3.76. The fourth-order valence-corrected chi connectivity index (χ4v) is 2.65. The van der Waals surface area contributed by atoms with Crippen LogP contribution < -0.4 is 5.32 Å². The maximum absolute atomic E-state index is 5.49. The summed E-state index contributed by atoms with van der Waals surface area (Å²) in [6, 6.07) is 0.608. The van der Waals surface area contributed by atoms with Crippen LogP contribution in [0.5, 0.6) is 0 Å². The highest BCUT2D eigenvalue weighted by Crippen LogP contribution is 2.33. The zero-order valence-electron chi connectivity index (χ0n) is 12.4. The van der Waals surface area contributed by atoms with Crippen LogP contribution in [-0.2, 0) is 11.3 Å². The molecule has 1 aromatic heterocycles. The fraction of sp³-hybridized carbons (Fsp3) is 0.857. The van der Waals surface area contributed by atoms with Crippen LogP contribution in [-0.4, -0.2) is 23.3 Å². The normalized spacial score (nSPS) is 18.9. The van der Waals surface area contributed by atoms with Crippen molar-refractivity contribution in [2.45, 2.75) is 65.1 Å². The van der Waals surface area contributed by atoms with Crippen LogP contribution in [0.15, 0.2) is 4.52 Å². The van der Waals surface area contributed by atoms with E-state index in [1.54, 1.807) is 7.11 Å². The molecule has 1 N–H and O–H groups in total. The summed E-state index contributed by atoms with van der Waals surface area (Å²) >= 11 is 0. The Morgan fingerprint density at radius 2 is 2.05 bits per heavy atom. The molecule has 1 aliphatic carbocycles. The molecule has 1 aromatic rings. The molecule has 5 heteroatoms. The van der Waals surface area contributed by atoms with Crippen molar-refractivity contribution in [2.24, 2.45) is 5.41 Å². The average molecular weight is 267 g/mol. The van der Waals surface area contributed by atoms with E-state index in [0.29, 0.717) is 24.3 Å². The second-order valence-corrected chi connectivity index (χ2v) is 6.39. The van der Waals surface area contributed by atoms with Crippen molar-refractivity contribution in [2.75, 3.05) is 7.11 Å². The van der Waals surface area contributed by atoms with Crippen molar-refractivity contribution < 1.29 is 9.26 Å². The number of nitrogens with one attached hydrogen (secondary N) is 1. The zero-order chi connectivity index (χ0) is 13.9. The van der Waals surface area contributed by atoms with Crippen molar-refractivity contribution in [3.8, 4) is 0 Å². The van der Waals surface area contributed by atoms with Gasteiger partial charge in [0.1, 0.15) is 6.10 Å². The smallest absolute Gasteiger partial charge is 0.240 e. The van der Waals surface area contributed by atoms with Crippen LogP contribution in [0.25, 0.3) is 0 Å². The number of rotatable bonds is 5. The van der Waals surface area contributed by atoms with E-state index in [9.17, 15) is 0 Å². The zero-order valence-corrected chi connectivity index (χ0v) is 12.4. The number of nitrogens with zero attached hydrogens (tertiary/aromatic N) is 2. The van der Waals surface area contributed by atoms with Gasteiger partial charge in [0.05, 0.1) is 6.54 Å². The van der Waals surface area contributed by atoms with Gasteiger partial charge in [-0.2, -0.15) is 4.98 Å². The second-order valence-electron chi connectivity index (χ2n) is 6.39. The Hall–Kier alpha value is -0.940. The lowest BCUT2D eigenvalue weighted by atomic mass is 9.88. The molecule has 0 aliphatic heterocycles. The predicted molar refractivity (Wildman–Crippen MR) is 72.6 cm³/mol. The van der Waals surface area contributed by atoms with Gasteiger partial charge in [-0.25, -0.2) is 0 Å². The van der Waals surface area contributed by atoms with Gasteiger partial charge in [0.2, 0.25) is 11.7 Å². The van der Waals surface area contributed by atoms with Gasteiger partial charge in [0.15, 0.2) is 0 Å².